The number of fused-ring (bicyclic) bond motifs is 3. The van der Waals surface area contributed by atoms with Gasteiger partial charge in [0.2, 0.25) is 0 Å². The van der Waals surface area contributed by atoms with Crippen molar-refractivity contribution in [3.8, 4) is 0 Å². The summed E-state index contributed by atoms with van der Waals surface area (Å²) in [5.41, 5.74) is 0.0761. The Morgan fingerprint density at radius 2 is 2.00 bits per heavy atom. The third-order valence-corrected chi connectivity index (χ3v) is 6.90. The largest absolute Gasteiger partial charge is 0.393 e. The summed E-state index contributed by atoms with van der Waals surface area (Å²) < 4.78 is 0. The van der Waals surface area contributed by atoms with E-state index < -0.39 is 0 Å². The quantitative estimate of drug-likeness (QED) is 0.869. The van der Waals surface area contributed by atoms with Crippen LogP contribution in [0.4, 0.5) is 0 Å². The SMILES string of the molecule is CC(=O)CCC1C(=O)CC[C@@H]2[C@@H]1CC[C@]1(C)[C@@H](O)CC[C@@H]21. The molecule has 3 aliphatic rings. The predicted octanol–water partition coefficient (Wildman–Crippen LogP) is 3.14. The zero-order valence-electron chi connectivity index (χ0n) is 13.3. The van der Waals surface area contributed by atoms with Gasteiger partial charge in [0.1, 0.15) is 11.6 Å². The van der Waals surface area contributed by atoms with Crippen LogP contribution < -0.4 is 0 Å². The van der Waals surface area contributed by atoms with E-state index in [1.165, 1.54) is 0 Å². The zero-order valence-corrected chi connectivity index (χ0v) is 13.3. The normalized spacial score (nSPS) is 46.0. The Hall–Kier alpha value is -0.700. The highest BCUT2D eigenvalue weighted by Crippen LogP contribution is 2.60. The Bertz CT molecular complexity index is 444. The smallest absolute Gasteiger partial charge is 0.136 e. The molecule has 0 amide bonds. The van der Waals surface area contributed by atoms with E-state index in [9.17, 15) is 14.7 Å². The number of ketones is 2. The Morgan fingerprint density at radius 1 is 1.24 bits per heavy atom. The van der Waals surface area contributed by atoms with Crippen LogP contribution in [-0.2, 0) is 9.59 Å². The first-order chi connectivity index (χ1) is 9.93. The maximum atomic E-state index is 12.3. The molecule has 0 heterocycles. The van der Waals surface area contributed by atoms with Crippen LogP contribution in [0.25, 0.3) is 0 Å². The molecule has 3 fully saturated rings. The summed E-state index contributed by atoms with van der Waals surface area (Å²) in [6.07, 6.45) is 6.98. The molecule has 0 bridgehead atoms. The maximum Gasteiger partial charge on any atom is 0.136 e. The van der Waals surface area contributed by atoms with Crippen molar-refractivity contribution in [1.29, 1.82) is 0 Å². The van der Waals surface area contributed by atoms with Gasteiger partial charge in [0.05, 0.1) is 6.10 Å². The second-order valence-corrected chi connectivity index (χ2v) is 7.92. The number of carbonyl (C=O) groups excluding carboxylic acids is 2. The van der Waals surface area contributed by atoms with Crippen LogP contribution in [-0.4, -0.2) is 22.8 Å². The van der Waals surface area contributed by atoms with E-state index >= 15 is 0 Å². The van der Waals surface area contributed by atoms with Crippen molar-refractivity contribution < 1.29 is 14.7 Å². The van der Waals surface area contributed by atoms with Gasteiger partial charge in [0.25, 0.3) is 0 Å². The number of hydrogen-bond donors (Lipinski definition) is 1. The summed E-state index contributed by atoms with van der Waals surface area (Å²) in [4.78, 5) is 23.6. The van der Waals surface area contributed by atoms with Crippen LogP contribution in [0.5, 0.6) is 0 Å². The van der Waals surface area contributed by atoms with E-state index in [2.05, 4.69) is 6.92 Å². The van der Waals surface area contributed by atoms with Gasteiger partial charge >= 0.3 is 0 Å². The minimum absolute atomic E-state index is 0.0761. The lowest BCUT2D eigenvalue weighted by atomic mass is 9.53. The average Bonchev–Trinajstić information content (AvgIpc) is 2.74. The number of Topliss-reactive ketones (excluding diaryl/α,β-unsaturated/α-hetero) is 2. The highest BCUT2D eigenvalue weighted by molar-refractivity contribution is 5.83. The highest BCUT2D eigenvalue weighted by atomic mass is 16.3. The molecule has 0 aromatic rings. The van der Waals surface area contributed by atoms with Crippen molar-refractivity contribution in [3.05, 3.63) is 0 Å². The minimum Gasteiger partial charge on any atom is -0.393 e. The second kappa shape index (κ2) is 5.49. The van der Waals surface area contributed by atoms with Crippen molar-refractivity contribution in [2.24, 2.45) is 29.1 Å². The van der Waals surface area contributed by atoms with Crippen LogP contribution in [0.3, 0.4) is 0 Å². The standard InChI is InChI=1S/C18H28O3/c1-11(19)3-4-14-12-9-10-18(2)15(6-8-17(18)21)13(12)5-7-16(14)20/h12-15,17,21H,3-10H2,1-2H3/t12-,13+,14?,15-,17-,18-/m0/s1. The Morgan fingerprint density at radius 3 is 2.71 bits per heavy atom. The summed E-state index contributed by atoms with van der Waals surface area (Å²) >= 11 is 0. The molecule has 0 saturated heterocycles. The maximum absolute atomic E-state index is 12.3. The molecule has 1 N–H and O–H groups in total. The molecule has 0 spiro atoms. The van der Waals surface area contributed by atoms with Gasteiger partial charge in [-0.05, 0) is 68.6 Å². The molecular weight excluding hydrogens is 264 g/mol. The fourth-order valence-corrected chi connectivity index (χ4v) is 5.67. The molecule has 3 saturated carbocycles. The van der Waals surface area contributed by atoms with Crippen LogP contribution in [0, 0.1) is 29.1 Å². The van der Waals surface area contributed by atoms with Gasteiger partial charge in [-0.3, -0.25) is 4.79 Å². The minimum atomic E-state index is -0.156. The van der Waals surface area contributed by atoms with Crippen molar-refractivity contribution in [2.45, 2.75) is 71.3 Å². The Labute approximate surface area is 127 Å². The third kappa shape index (κ3) is 2.48. The topological polar surface area (TPSA) is 54.4 Å². The van der Waals surface area contributed by atoms with Crippen LogP contribution in [0.15, 0.2) is 0 Å². The molecule has 3 heteroatoms. The second-order valence-electron chi connectivity index (χ2n) is 7.92. The summed E-state index contributed by atoms with van der Waals surface area (Å²) in [5, 5.41) is 10.4. The van der Waals surface area contributed by atoms with E-state index in [1.54, 1.807) is 6.92 Å². The van der Waals surface area contributed by atoms with Crippen molar-refractivity contribution in [1.82, 2.24) is 0 Å². The van der Waals surface area contributed by atoms with Gasteiger partial charge in [0.15, 0.2) is 0 Å². The lowest BCUT2D eigenvalue weighted by molar-refractivity contribution is -0.135. The molecule has 6 atom stereocenters. The Balaban J connectivity index is 1.78. The van der Waals surface area contributed by atoms with Crippen molar-refractivity contribution >= 4 is 11.6 Å². The fourth-order valence-electron chi connectivity index (χ4n) is 5.67. The first-order valence-corrected chi connectivity index (χ1v) is 8.63. The number of hydrogen-bond acceptors (Lipinski definition) is 3. The summed E-state index contributed by atoms with van der Waals surface area (Å²) in [6, 6.07) is 0. The van der Waals surface area contributed by atoms with Gasteiger partial charge in [-0.2, -0.15) is 0 Å². The molecule has 0 radical (unpaired) electrons. The number of aliphatic hydroxyl groups excluding tert-OH is 1. The van der Waals surface area contributed by atoms with Crippen LogP contribution in [0.2, 0.25) is 0 Å². The number of aliphatic hydroxyl groups is 1. The molecule has 3 rings (SSSR count). The monoisotopic (exact) mass is 292 g/mol. The molecule has 0 aliphatic heterocycles. The summed E-state index contributed by atoms with van der Waals surface area (Å²) in [5.74, 6) is 2.33. The lowest BCUT2D eigenvalue weighted by Crippen LogP contribution is -2.48. The lowest BCUT2D eigenvalue weighted by Gasteiger charge is -2.51. The molecular formula is C18H28O3. The zero-order chi connectivity index (χ0) is 15.2. The molecule has 3 aliphatic carbocycles. The highest BCUT2D eigenvalue weighted by Gasteiger charge is 2.56. The fraction of sp³-hybridized carbons (Fsp3) is 0.889. The third-order valence-electron chi connectivity index (χ3n) is 6.90. The molecule has 0 aromatic carbocycles. The molecule has 3 nitrogen and oxygen atoms in total. The number of rotatable bonds is 3. The average molecular weight is 292 g/mol. The summed E-state index contributed by atoms with van der Waals surface area (Å²) in [7, 11) is 0. The Kier molecular flexibility index (Phi) is 3.98. The van der Waals surface area contributed by atoms with Gasteiger partial charge in [-0.25, -0.2) is 0 Å². The van der Waals surface area contributed by atoms with E-state index in [-0.39, 0.29) is 23.2 Å². The van der Waals surface area contributed by atoms with Crippen molar-refractivity contribution in [2.75, 3.05) is 0 Å². The molecule has 21 heavy (non-hydrogen) atoms. The van der Waals surface area contributed by atoms with Gasteiger partial charge in [-0.1, -0.05) is 6.92 Å². The molecule has 118 valence electrons. The van der Waals surface area contributed by atoms with Crippen LogP contribution >= 0.6 is 0 Å². The van der Waals surface area contributed by atoms with Gasteiger partial charge in [0, 0.05) is 18.8 Å². The van der Waals surface area contributed by atoms with E-state index in [0.29, 0.717) is 36.4 Å². The van der Waals surface area contributed by atoms with Crippen molar-refractivity contribution in [3.63, 3.8) is 0 Å². The summed E-state index contributed by atoms with van der Waals surface area (Å²) in [6.45, 7) is 3.88. The van der Waals surface area contributed by atoms with E-state index in [0.717, 1.165) is 38.5 Å². The molecule has 1 unspecified atom stereocenters. The predicted molar refractivity (Wildman–Crippen MR) is 80.7 cm³/mol. The van der Waals surface area contributed by atoms with E-state index in [4.69, 9.17) is 0 Å². The van der Waals surface area contributed by atoms with Gasteiger partial charge < -0.3 is 9.90 Å². The first-order valence-electron chi connectivity index (χ1n) is 8.63. The van der Waals surface area contributed by atoms with Crippen LogP contribution in [0.1, 0.15) is 65.2 Å². The number of carbonyl (C=O) groups is 2. The first kappa shape index (κ1) is 15.2. The molecule has 0 aromatic heterocycles. The van der Waals surface area contributed by atoms with Gasteiger partial charge in [-0.15, -0.1) is 0 Å². The van der Waals surface area contributed by atoms with E-state index in [1.807, 2.05) is 0 Å².